The third-order valence-corrected chi connectivity index (χ3v) is 5.43. The normalized spacial score (nSPS) is 25.1. The molecule has 2 saturated heterocycles. The number of hydrogen-bond donors (Lipinski definition) is 4. The summed E-state index contributed by atoms with van der Waals surface area (Å²) in [5.74, 6) is -0.205. The second kappa shape index (κ2) is 9.05. The van der Waals surface area contributed by atoms with Crippen LogP contribution in [0.2, 0.25) is 0 Å². The number of nitrogens with zero attached hydrogens (tertiary/aromatic N) is 1. The maximum atomic E-state index is 12.7. The average Bonchev–Trinajstić information content (AvgIpc) is 3.11. The van der Waals surface area contributed by atoms with Crippen LogP contribution in [0.5, 0.6) is 0 Å². The first-order valence-corrected chi connectivity index (χ1v) is 9.92. The summed E-state index contributed by atoms with van der Waals surface area (Å²) in [6.45, 7) is 2.84. The molecule has 0 aliphatic carbocycles. The lowest BCUT2D eigenvalue weighted by Crippen LogP contribution is -2.61. The molecule has 2 fully saturated rings. The predicted octanol–water partition coefficient (Wildman–Crippen LogP) is 0.644. The van der Waals surface area contributed by atoms with Crippen molar-refractivity contribution in [1.29, 1.82) is 0 Å². The molecule has 3 rings (SSSR count). The van der Waals surface area contributed by atoms with Gasteiger partial charge in [-0.2, -0.15) is 0 Å². The first-order valence-electron chi connectivity index (χ1n) is 9.92. The number of benzene rings is 1. The van der Waals surface area contributed by atoms with E-state index in [1.807, 2.05) is 37.3 Å². The maximum Gasteiger partial charge on any atom is 0.315 e. The maximum absolute atomic E-state index is 12.7. The standard InChI is InChI=1S/C20H29N5O3/c1-13(14-7-3-2-4-8-14)22-20(28)23-15-11-17-18(26)24-16(9-5-6-10-21)19(27)25(17)12-15/h2-4,7-8,13,15-17H,5-6,9-12,21H2,1H3,(H,24,26)(H2,22,23,28)/t13-,15+,16+,17+/m1/s1. The monoisotopic (exact) mass is 387 g/mol. The van der Waals surface area contributed by atoms with Gasteiger partial charge < -0.3 is 26.6 Å². The number of unbranched alkanes of at least 4 members (excludes halogenated alkanes) is 1. The molecule has 4 amide bonds. The van der Waals surface area contributed by atoms with Gasteiger partial charge in [0.15, 0.2) is 0 Å². The van der Waals surface area contributed by atoms with Crippen molar-refractivity contribution in [3.63, 3.8) is 0 Å². The van der Waals surface area contributed by atoms with Gasteiger partial charge in [0.05, 0.1) is 12.1 Å². The minimum atomic E-state index is -0.505. The Labute approximate surface area is 165 Å². The topological polar surface area (TPSA) is 117 Å². The third kappa shape index (κ3) is 4.62. The van der Waals surface area contributed by atoms with Crippen molar-refractivity contribution in [1.82, 2.24) is 20.9 Å². The summed E-state index contributed by atoms with van der Waals surface area (Å²) in [5, 5.41) is 8.63. The number of nitrogens with two attached hydrogens (primary N) is 1. The third-order valence-electron chi connectivity index (χ3n) is 5.43. The van der Waals surface area contributed by atoms with Gasteiger partial charge in [-0.05, 0) is 44.7 Å². The highest BCUT2D eigenvalue weighted by atomic mass is 16.2. The fourth-order valence-corrected chi connectivity index (χ4v) is 3.90. The predicted molar refractivity (Wildman–Crippen MR) is 105 cm³/mol. The van der Waals surface area contributed by atoms with Crippen LogP contribution in [0, 0.1) is 0 Å². The van der Waals surface area contributed by atoms with Crippen molar-refractivity contribution < 1.29 is 14.4 Å². The Kier molecular flexibility index (Phi) is 6.51. The molecule has 2 aliphatic heterocycles. The number of piperazine rings is 1. The lowest BCUT2D eigenvalue weighted by Gasteiger charge is -2.34. The van der Waals surface area contributed by atoms with Gasteiger partial charge in [0.2, 0.25) is 11.8 Å². The highest BCUT2D eigenvalue weighted by Gasteiger charge is 2.46. The number of hydrogen-bond acceptors (Lipinski definition) is 4. The second-order valence-corrected chi connectivity index (χ2v) is 7.53. The van der Waals surface area contributed by atoms with E-state index in [2.05, 4.69) is 16.0 Å². The van der Waals surface area contributed by atoms with Gasteiger partial charge in [-0.15, -0.1) is 0 Å². The van der Waals surface area contributed by atoms with Gasteiger partial charge in [-0.25, -0.2) is 4.79 Å². The van der Waals surface area contributed by atoms with Gasteiger partial charge in [0.1, 0.15) is 12.1 Å². The number of rotatable bonds is 7. The molecule has 0 saturated carbocycles. The van der Waals surface area contributed by atoms with E-state index in [0.29, 0.717) is 25.9 Å². The molecule has 0 bridgehead atoms. The molecule has 2 aliphatic rings. The van der Waals surface area contributed by atoms with E-state index in [1.165, 1.54) is 0 Å². The Morgan fingerprint density at radius 3 is 2.75 bits per heavy atom. The van der Waals surface area contributed by atoms with Crippen molar-refractivity contribution in [2.24, 2.45) is 5.73 Å². The fraction of sp³-hybridized carbons (Fsp3) is 0.550. The molecule has 8 heteroatoms. The van der Waals surface area contributed by atoms with Crippen molar-refractivity contribution >= 4 is 17.8 Å². The quantitative estimate of drug-likeness (QED) is 0.514. The molecule has 5 N–H and O–H groups in total. The molecule has 4 atom stereocenters. The van der Waals surface area contributed by atoms with E-state index in [-0.39, 0.29) is 29.9 Å². The largest absolute Gasteiger partial charge is 0.343 e. The lowest BCUT2D eigenvalue weighted by molar-refractivity contribution is -0.147. The lowest BCUT2D eigenvalue weighted by atomic mass is 10.0. The van der Waals surface area contributed by atoms with E-state index in [4.69, 9.17) is 5.73 Å². The van der Waals surface area contributed by atoms with Crippen LogP contribution in [0.1, 0.15) is 44.2 Å². The Morgan fingerprint density at radius 2 is 2.04 bits per heavy atom. The van der Waals surface area contributed by atoms with Crippen molar-refractivity contribution in [2.75, 3.05) is 13.1 Å². The van der Waals surface area contributed by atoms with Crippen molar-refractivity contribution in [3.05, 3.63) is 35.9 Å². The molecule has 1 aromatic carbocycles. The molecule has 8 nitrogen and oxygen atoms in total. The molecule has 152 valence electrons. The van der Waals surface area contributed by atoms with Crippen LogP contribution in [0.25, 0.3) is 0 Å². The van der Waals surface area contributed by atoms with E-state index in [0.717, 1.165) is 18.4 Å². The summed E-state index contributed by atoms with van der Waals surface area (Å²) in [6, 6.07) is 8.01. The fourth-order valence-electron chi connectivity index (χ4n) is 3.90. The van der Waals surface area contributed by atoms with Crippen LogP contribution in [-0.4, -0.2) is 54.0 Å². The molecular weight excluding hydrogens is 358 g/mol. The summed E-state index contributed by atoms with van der Waals surface area (Å²) < 4.78 is 0. The molecule has 0 aromatic heterocycles. The summed E-state index contributed by atoms with van der Waals surface area (Å²) in [4.78, 5) is 39.1. The minimum Gasteiger partial charge on any atom is -0.343 e. The molecule has 0 unspecified atom stereocenters. The Morgan fingerprint density at radius 1 is 1.29 bits per heavy atom. The van der Waals surface area contributed by atoms with Crippen LogP contribution in [0.15, 0.2) is 30.3 Å². The van der Waals surface area contributed by atoms with E-state index >= 15 is 0 Å². The Hall–Kier alpha value is -2.61. The van der Waals surface area contributed by atoms with Crippen LogP contribution < -0.4 is 21.7 Å². The smallest absolute Gasteiger partial charge is 0.315 e. The SMILES string of the molecule is C[C@@H](NC(=O)N[C@H]1C[C@H]2C(=O)N[C@@H](CCCCN)C(=O)N2C1)c1ccccc1. The Bertz CT molecular complexity index is 711. The Balaban J connectivity index is 1.53. The average molecular weight is 387 g/mol. The number of amides is 4. The molecule has 28 heavy (non-hydrogen) atoms. The summed E-state index contributed by atoms with van der Waals surface area (Å²) in [5.41, 5.74) is 6.51. The zero-order valence-electron chi connectivity index (χ0n) is 16.2. The van der Waals surface area contributed by atoms with Crippen molar-refractivity contribution in [2.45, 2.75) is 56.8 Å². The molecule has 0 spiro atoms. The second-order valence-electron chi connectivity index (χ2n) is 7.53. The van der Waals surface area contributed by atoms with Crippen LogP contribution in [0.4, 0.5) is 4.79 Å². The van der Waals surface area contributed by atoms with Gasteiger partial charge in [0, 0.05) is 6.54 Å². The zero-order chi connectivity index (χ0) is 20.1. The molecule has 2 heterocycles. The van der Waals surface area contributed by atoms with E-state index in [9.17, 15) is 14.4 Å². The first-order chi connectivity index (χ1) is 13.5. The summed E-state index contributed by atoms with van der Waals surface area (Å²) >= 11 is 0. The number of nitrogens with one attached hydrogen (secondary N) is 3. The summed E-state index contributed by atoms with van der Waals surface area (Å²) in [7, 11) is 0. The van der Waals surface area contributed by atoms with Gasteiger partial charge in [-0.3, -0.25) is 9.59 Å². The molecule has 1 aromatic rings. The number of urea groups is 1. The summed E-state index contributed by atoms with van der Waals surface area (Å²) in [6.07, 6.45) is 2.65. The van der Waals surface area contributed by atoms with Crippen LogP contribution in [0.3, 0.4) is 0 Å². The number of carbonyl (C=O) groups excluding carboxylic acids is 3. The van der Waals surface area contributed by atoms with Gasteiger partial charge in [-0.1, -0.05) is 30.3 Å². The first kappa shape index (κ1) is 20.1. The number of fused-ring (bicyclic) bond motifs is 1. The minimum absolute atomic E-state index is 0.0658. The van der Waals surface area contributed by atoms with Crippen LogP contribution in [-0.2, 0) is 9.59 Å². The van der Waals surface area contributed by atoms with Crippen molar-refractivity contribution in [3.8, 4) is 0 Å². The zero-order valence-corrected chi connectivity index (χ0v) is 16.2. The van der Waals surface area contributed by atoms with Gasteiger partial charge >= 0.3 is 6.03 Å². The van der Waals surface area contributed by atoms with Crippen LogP contribution >= 0.6 is 0 Å². The van der Waals surface area contributed by atoms with E-state index in [1.54, 1.807) is 4.90 Å². The molecule has 0 radical (unpaired) electrons. The molecular formula is C20H29N5O3. The highest BCUT2D eigenvalue weighted by molar-refractivity contribution is 5.97. The highest BCUT2D eigenvalue weighted by Crippen LogP contribution is 2.24. The van der Waals surface area contributed by atoms with Gasteiger partial charge in [0.25, 0.3) is 0 Å². The van der Waals surface area contributed by atoms with E-state index < -0.39 is 12.1 Å². The number of carbonyl (C=O) groups is 3.